The van der Waals surface area contributed by atoms with Crippen molar-refractivity contribution in [3.8, 4) is 23.0 Å². The Hall–Kier alpha value is -4.66. The quantitative estimate of drug-likeness (QED) is 0.0588. The van der Waals surface area contributed by atoms with Crippen molar-refractivity contribution in [2.24, 2.45) is 9.98 Å². The fourth-order valence-corrected chi connectivity index (χ4v) is 4.74. The van der Waals surface area contributed by atoms with Crippen LogP contribution in [0.2, 0.25) is 0 Å². The summed E-state index contributed by atoms with van der Waals surface area (Å²) in [5, 5.41) is 0. The van der Waals surface area contributed by atoms with Gasteiger partial charge in [0, 0.05) is 12.4 Å². The minimum absolute atomic E-state index is 0.144. The van der Waals surface area contributed by atoms with Gasteiger partial charge in [-0.25, -0.2) is 0 Å². The van der Waals surface area contributed by atoms with Gasteiger partial charge in [-0.2, -0.15) is 0 Å². The summed E-state index contributed by atoms with van der Waals surface area (Å²) < 4.78 is 33.8. The van der Waals surface area contributed by atoms with Crippen LogP contribution in [0.4, 0.5) is 11.4 Å². The normalized spacial score (nSPS) is 17.5. The zero-order valence-corrected chi connectivity index (χ0v) is 26.8. The summed E-state index contributed by atoms with van der Waals surface area (Å²) in [6, 6.07) is 31.6. The van der Waals surface area contributed by atoms with Crippen LogP contribution < -0.4 is 18.9 Å². The van der Waals surface area contributed by atoms with Crippen molar-refractivity contribution >= 4 is 23.8 Å². The van der Waals surface area contributed by atoms with E-state index in [9.17, 15) is 0 Å². The lowest BCUT2D eigenvalue weighted by Gasteiger charge is -2.15. The van der Waals surface area contributed by atoms with E-state index in [1.165, 1.54) is 0 Å². The molecule has 3 unspecified atom stereocenters. The highest BCUT2D eigenvalue weighted by atomic mass is 16.6. The van der Waals surface area contributed by atoms with E-state index in [0.29, 0.717) is 19.8 Å². The molecule has 8 nitrogen and oxygen atoms in total. The number of hydrogen-bond acceptors (Lipinski definition) is 8. The third-order valence-corrected chi connectivity index (χ3v) is 7.70. The van der Waals surface area contributed by atoms with Gasteiger partial charge in [0.1, 0.15) is 48.4 Å². The first-order chi connectivity index (χ1) is 23.1. The van der Waals surface area contributed by atoms with E-state index >= 15 is 0 Å². The molecule has 47 heavy (non-hydrogen) atoms. The molecule has 4 aromatic rings. The van der Waals surface area contributed by atoms with Crippen molar-refractivity contribution in [3.05, 3.63) is 108 Å². The van der Waals surface area contributed by atoms with Crippen LogP contribution in [0.15, 0.2) is 107 Å². The lowest BCUT2D eigenvalue weighted by atomic mass is 10.1. The Kier molecular flexibility index (Phi) is 11.5. The number of hydrogen-bond donors (Lipinski definition) is 0. The summed E-state index contributed by atoms with van der Waals surface area (Å²) in [4.78, 5) is 9.12. The van der Waals surface area contributed by atoms with Gasteiger partial charge in [-0.3, -0.25) is 9.98 Å². The highest BCUT2D eigenvalue weighted by Gasteiger charge is 2.23. The van der Waals surface area contributed by atoms with Gasteiger partial charge in [0.15, 0.2) is 0 Å². The standard InChI is InChI=1S/C39H42N2O6/c1-29(47-37-16-8-31(9-17-37)24-41-33-12-20-36(21-13-33)44-26-39-28-46-39)5-3-2-4-22-42-34-14-6-30(7-15-34)23-40-32-10-18-35(19-11-32)43-25-38-27-45-38/h6-21,23-24,29,38-39H,2-5,22,25-28H2,1H3. The SMILES string of the molecule is CC(CCCCCOc1ccc(C=Nc2ccc(OCC3CO3)cc2)cc1)Oc1ccc(C=Nc2ccc(OCC3CO3)cc2)cc1. The molecule has 0 saturated carbocycles. The Morgan fingerprint density at radius 1 is 0.596 bits per heavy atom. The maximum Gasteiger partial charge on any atom is 0.119 e. The molecule has 2 aliphatic heterocycles. The molecule has 2 fully saturated rings. The van der Waals surface area contributed by atoms with Crippen LogP contribution in [0, 0.1) is 0 Å². The summed E-state index contributed by atoms with van der Waals surface area (Å²) in [7, 11) is 0. The molecule has 0 spiro atoms. The van der Waals surface area contributed by atoms with E-state index in [1.54, 1.807) is 0 Å². The minimum atomic E-state index is 0.144. The zero-order chi connectivity index (χ0) is 32.1. The number of aliphatic imine (C=N–C) groups is 2. The second-order valence-corrected chi connectivity index (χ2v) is 11.8. The molecule has 2 heterocycles. The number of nitrogens with zero attached hydrogens (tertiary/aromatic N) is 2. The van der Waals surface area contributed by atoms with Crippen molar-refractivity contribution in [1.29, 1.82) is 0 Å². The van der Waals surface area contributed by atoms with Crippen molar-refractivity contribution in [2.75, 3.05) is 33.0 Å². The molecular formula is C39H42N2O6. The summed E-state index contributed by atoms with van der Waals surface area (Å²) in [5.74, 6) is 3.40. The van der Waals surface area contributed by atoms with Crippen LogP contribution in [0.25, 0.3) is 0 Å². The Morgan fingerprint density at radius 2 is 1.04 bits per heavy atom. The third-order valence-electron chi connectivity index (χ3n) is 7.70. The Balaban J connectivity index is 0.821. The lowest BCUT2D eigenvalue weighted by Crippen LogP contribution is -2.11. The van der Waals surface area contributed by atoms with Crippen molar-refractivity contribution < 1.29 is 28.4 Å². The minimum Gasteiger partial charge on any atom is -0.494 e. The van der Waals surface area contributed by atoms with Gasteiger partial charge in [0.2, 0.25) is 0 Å². The molecule has 0 N–H and O–H groups in total. The summed E-state index contributed by atoms with van der Waals surface area (Å²) in [6.45, 7) is 5.61. The molecule has 0 aromatic heterocycles. The molecule has 0 amide bonds. The predicted molar refractivity (Wildman–Crippen MR) is 185 cm³/mol. The van der Waals surface area contributed by atoms with Gasteiger partial charge < -0.3 is 28.4 Å². The Bertz CT molecular complexity index is 1560. The lowest BCUT2D eigenvalue weighted by molar-refractivity contribution is 0.204. The van der Waals surface area contributed by atoms with E-state index < -0.39 is 0 Å². The summed E-state index contributed by atoms with van der Waals surface area (Å²) in [6.07, 6.45) is 8.54. The molecule has 6 rings (SSSR count). The van der Waals surface area contributed by atoms with Gasteiger partial charge in [-0.05, 0) is 141 Å². The van der Waals surface area contributed by atoms with Gasteiger partial charge >= 0.3 is 0 Å². The Morgan fingerprint density at radius 3 is 1.53 bits per heavy atom. The van der Waals surface area contributed by atoms with Gasteiger partial charge in [-0.15, -0.1) is 0 Å². The smallest absolute Gasteiger partial charge is 0.119 e. The molecule has 8 heteroatoms. The predicted octanol–water partition coefficient (Wildman–Crippen LogP) is 8.15. The topological polar surface area (TPSA) is 86.7 Å². The highest BCUT2D eigenvalue weighted by Crippen LogP contribution is 2.22. The molecule has 244 valence electrons. The Labute approximate surface area is 277 Å². The molecule has 0 radical (unpaired) electrons. The first-order valence-electron chi connectivity index (χ1n) is 16.4. The van der Waals surface area contributed by atoms with E-state index in [1.807, 2.05) is 109 Å². The van der Waals surface area contributed by atoms with Gasteiger partial charge in [0.05, 0.1) is 37.3 Å². The molecule has 2 saturated heterocycles. The number of rotatable bonds is 19. The molecule has 4 aromatic carbocycles. The van der Waals surface area contributed by atoms with Crippen LogP contribution in [-0.4, -0.2) is 63.8 Å². The van der Waals surface area contributed by atoms with Crippen LogP contribution >= 0.6 is 0 Å². The maximum absolute atomic E-state index is 6.13. The average Bonchev–Trinajstić information content (AvgIpc) is 4.05. The fourth-order valence-electron chi connectivity index (χ4n) is 4.74. The van der Waals surface area contributed by atoms with Crippen LogP contribution in [0.5, 0.6) is 23.0 Å². The molecule has 2 aliphatic rings. The van der Waals surface area contributed by atoms with E-state index in [4.69, 9.17) is 28.4 Å². The summed E-state index contributed by atoms with van der Waals surface area (Å²) >= 11 is 0. The fraction of sp³-hybridized carbons (Fsp3) is 0.333. The number of benzene rings is 4. The second kappa shape index (κ2) is 16.8. The van der Waals surface area contributed by atoms with E-state index in [0.717, 1.165) is 84.4 Å². The first-order valence-corrected chi connectivity index (χ1v) is 16.4. The number of ether oxygens (including phenoxy) is 6. The first kappa shape index (κ1) is 32.3. The molecular weight excluding hydrogens is 592 g/mol. The molecule has 0 aliphatic carbocycles. The number of unbranched alkanes of at least 4 members (excludes halogenated alkanes) is 2. The van der Waals surface area contributed by atoms with Gasteiger partial charge in [-0.1, -0.05) is 0 Å². The van der Waals surface area contributed by atoms with Crippen molar-refractivity contribution in [2.45, 2.75) is 50.9 Å². The van der Waals surface area contributed by atoms with E-state index in [2.05, 4.69) is 16.9 Å². The molecule has 0 bridgehead atoms. The van der Waals surface area contributed by atoms with Crippen LogP contribution in [0.1, 0.15) is 43.7 Å². The highest BCUT2D eigenvalue weighted by molar-refractivity contribution is 5.82. The van der Waals surface area contributed by atoms with E-state index in [-0.39, 0.29) is 18.3 Å². The van der Waals surface area contributed by atoms with Crippen LogP contribution in [-0.2, 0) is 9.47 Å². The third kappa shape index (κ3) is 11.6. The average molecular weight is 635 g/mol. The van der Waals surface area contributed by atoms with Gasteiger partial charge in [0.25, 0.3) is 0 Å². The number of epoxide rings is 2. The largest absolute Gasteiger partial charge is 0.494 e. The van der Waals surface area contributed by atoms with Crippen molar-refractivity contribution in [3.63, 3.8) is 0 Å². The second-order valence-electron chi connectivity index (χ2n) is 11.8. The summed E-state index contributed by atoms with van der Waals surface area (Å²) in [5.41, 5.74) is 3.80. The monoisotopic (exact) mass is 634 g/mol. The molecule has 3 atom stereocenters. The zero-order valence-electron chi connectivity index (χ0n) is 26.8. The maximum atomic E-state index is 6.13. The van der Waals surface area contributed by atoms with Crippen LogP contribution in [0.3, 0.4) is 0 Å². The van der Waals surface area contributed by atoms with Crippen molar-refractivity contribution in [1.82, 2.24) is 0 Å².